The predicted molar refractivity (Wildman–Crippen MR) is 103 cm³/mol. The normalized spacial score (nSPS) is 15.8. The summed E-state index contributed by atoms with van der Waals surface area (Å²) in [5.74, 6) is 0.934. The van der Waals surface area contributed by atoms with Crippen molar-refractivity contribution >= 4 is 16.9 Å². The number of benzene rings is 2. The zero-order valence-corrected chi connectivity index (χ0v) is 16.3. The average Bonchev–Trinajstić information content (AvgIpc) is 3.04. The number of nitrogens with one attached hydrogen (secondary N) is 1. The number of imidazole rings is 1. The Balaban J connectivity index is 1.81. The maximum absolute atomic E-state index is 14.2. The molecule has 7 heteroatoms. The van der Waals surface area contributed by atoms with E-state index in [2.05, 4.69) is 9.97 Å². The lowest BCUT2D eigenvalue weighted by molar-refractivity contribution is 0.0826. The maximum atomic E-state index is 14.2. The number of aromatic amines is 1. The van der Waals surface area contributed by atoms with Gasteiger partial charge in [0.05, 0.1) is 12.1 Å². The number of hydrogen-bond acceptors (Lipinski definition) is 4. The second-order valence-electron chi connectivity index (χ2n) is 7.24. The van der Waals surface area contributed by atoms with Crippen molar-refractivity contribution in [3.05, 3.63) is 52.6 Å². The lowest BCUT2D eigenvalue weighted by Crippen LogP contribution is -2.22. The van der Waals surface area contributed by atoms with Crippen LogP contribution in [-0.4, -0.2) is 41.5 Å². The van der Waals surface area contributed by atoms with E-state index in [0.717, 1.165) is 16.9 Å². The van der Waals surface area contributed by atoms with Crippen molar-refractivity contribution in [3.63, 3.8) is 0 Å². The number of hydrogen-bond donors (Lipinski definition) is 1. The van der Waals surface area contributed by atoms with Crippen molar-refractivity contribution < 1.29 is 18.7 Å². The van der Waals surface area contributed by atoms with Crippen LogP contribution in [0.5, 0.6) is 11.5 Å². The van der Waals surface area contributed by atoms with Crippen LogP contribution in [0.15, 0.2) is 24.3 Å². The second kappa shape index (κ2) is 6.82. The third kappa shape index (κ3) is 3.06. The van der Waals surface area contributed by atoms with Crippen LogP contribution < -0.4 is 9.47 Å². The number of nitrogens with zero attached hydrogens (tertiary/aromatic N) is 2. The Labute approximate surface area is 162 Å². The minimum Gasteiger partial charge on any atom is -0.490 e. The first-order chi connectivity index (χ1) is 13.3. The summed E-state index contributed by atoms with van der Waals surface area (Å²) < 4.78 is 26.1. The third-order valence-corrected chi connectivity index (χ3v) is 4.91. The lowest BCUT2D eigenvalue weighted by Gasteiger charge is -2.28. The molecule has 1 N–H and O–H groups in total. The lowest BCUT2D eigenvalue weighted by atomic mass is 9.97. The molecule has 0 bridgehead atoms. The molecule has 0 spiro atoms. The largest absolute Gasteiger partial charge is 0.490 e. The standard InChI is InChI=1S/C21H22FN3O3/c1-11-5-6-14(22)20-18(11)16(7-8-27-20)28-17-10-13(21(26)25(3)4)9-15-19(17)24-12(2)23-15/h5-6,9-10,16H,7-8H2,1-4H3,(H,23,24). The van der Waals surface area contributed by atoms with Crippen LogP contribution >= 0.6 is 0 Å². The molecule has 4 rings (SSSR count). The molecule has 6 nitrogen and oxygen atoms in total. The summed E-state index contributed by atoms with van der Waals surface area (Å²) in [4.78, 5) is 21.7. The van der Waals surface area contributed by atoms with Gasteiger partial charge in [-0.1, -0.05) is 6.07 Å². The first-order valence-electron chi connectivity index (χ1n) is 9.15. The third-order valence-electron chi connectivity index (χ3n) is 4.91. The molecule has 146 valence electrons. The van der Waals surface area contributed by atoms with Crippen LogP contribution in [0.4, 0.5) is 4.39 Å². The first kappa shape index (κ1) is 18.3. The van der Waals surface area contributed by atoms with Crippen LogP contribution in [0, 0.1) is 19.7 Å². The van der Waals surface area contributed by atoms with Gasteiger partial charge in [0.2, 0.25) is 0 Å². The average molecular weight is 383 g/mol. The minimum atomic E-state index is -0.397. The quantitative estimate of drug-likeness (QED) is 0.744. The maximum Gasteiger partial charge on any atom is 0.253 e. The summed E-state index contributed by atoms with van der Waals surface area (Å²) >= 11 is 0. The van der Waals surface area contributed by atoms with Gasteiger partial charge >= 0.3 is 0 Å². The molecule has 1 aliphatic heterocycles. The molecule has 28 heavy (non-hydrogen) atoms. The van der Waals surface area contributed by atoms with E-state index in [1.807, 2.05) is 13.8 Å². The molecular formula is C21H22FN3O3. The molecule has 1 unspecified atom stereocenters. The number of aromatic nitrogens is 2. The number of rotatable bonds is 3. The summed E-state index contributed by atoms with van der Waals surface area (Å²) in [5.41, 5.74) is 3.48. The molecule has 0 saturated carbocycles. The number of carbonyl (C=O) groups excluding carboxylic acids is 1. The number of ether oxygens (including phenoxy) is 2. The van der Waals surface area contributed by atoms with E-state index in [4.69, 9.17) is 9.47 Å². The van der Waals surface area contributed by atoms with Gasteiger partial charge in [-0.15, -0.1) is 0 Å². The van der Waals surface area contributed by atoms with Crippen LogP contribution in [0.1, 0.15) is 39.8 Å². The van der Waals surface area contributed by atoms with Crippen molar-refractivity contribution in [1.82, 2.24) is 14.9 Å². The number of fused-ring (bicyclic) bond motifs is 2. The summed E-state index contributed by atoms with van der Waals surface area (Å²) in [6.07, 6.45) is 0.193. The van der Waals surface area contributed by atoms with E-state index in [1.54, 1.807) is 32.3 Å². The smallest absolute Gasteiger partial charge is 0.253 e. The Morgan fingerprint density at radius 2 is 2.11 bits per heavy atom. The molecule has 0 fully saturated rings. The van der Waals surface area contributed by atoms with Gasteiger partial charge in [-0.05, 0) is 37.6 Å². The van der Waals surface area contributed by atoms with E-state index < -0.39 is 5.82 Å². The van der Waals surface area contributed by atoms with Gasteiger partial charge < -0.3 is 19.4 Å². The van der Waals surface area contributed by atoms with Crippen molar-refractivity contribution in [2.75, 3.05) is 20.7 Å². The molecule has 1 amide bonds. The Morgan fingerprint density at radius 1 is 1.32 bits per heavy atom. The summed E-state index contributed by atoms with van der Waals surface area (Å²) in [6.45, 7) is 4.11. The van der Waals surface area contributed by atoms with Crippen molar-refractivity contribution in [2.24, 2.45) is 0 Å². The Bertz CT molecular complexity index is 1070. The Hall–Kier alpha value is -3.09. The van der Waals surface area contributed by atoms with E-state index in [-0.39, 0.29) is 17.8 Å². The van der Waals surface area contributed by atoms with Gasteiger partial charge in [-0.25, -0.2) is 9.37 Å². The summed E-state index contributed by atoms with van der Waals surface area (Å²) in [7, 11) is 3.40. The number of halogens is 1. The fourth-order valence-corrected chi connectivity index (χ4v) is 3.58. The zero-order valence-electron chi connectivity index (χ0n) is 16.3. The van der Waals surface area contributed by atoms with E-state index in [0.29, 0.717) is 35.4 Å². The molecule has 1 atom stereocenters. The predicted octanol–water partition coefficient (Wildman–Crippen LogP) is 3.92. The van der Waals surface area contributed by atoms with Crippen molar-refractivity contribution in [3.8, 4) is 11.5 Å². The SMILES string of the molecule is Cc1nc2c(OC3CCOc4c(F)ccc(C)c43)cc(C(=O)N(C)C)cc2[nH]1. The van der Waals surface area contributed by atoms with Gasteiger partial charge in [0.1, 0.15) is 23.2 Å². The fourth-order valence-electron chi connectivity index (χ4n) is 3.58. The van der Waals surface area contributed by atoms with E-state index in [1.165, 1.54) is 11.0 Å². The molecule has 3 aromatic rings. The summed E-state index contributed by atoms with van der Waals surface area (Å²) in [5, 5.41) is 0. The van der Waals surface area contributed by atoms with Gasteiger partial charge in [0, 0.05) is 31.6 Å². The van der Waals surface area contributed by atoms with Gasteiger partial charge in [0.25, 0.3) is 5.91 Å². The molecule has 2 heterocycles. The Kier molecular flexibility index (Phi) is 4.45. The number of H-pyrrole nitrogens is 1. The Morgan fingerprint density at radius 3 is 2.86 bits per heavy atom. The molecule has 1 aromatic heterocycles. The molecule has 2 aromatic carbocycles. The number of carbonyl (C=O) groups is 1. The van der Waals surface area contributed by atoms with Crippen LogP contribution in [-0.2, 0) is 0 Å². The first-order valence-corrected chi connectivity index (χ1v) is 9.15. The highest BCUT2D eigenvalue weighted by Gasteiger charge is 2.29. The molecule has 0 aliphatic carbocycles. The zero-order chi connectivity index (χ0) is 20.0. The van der Waals surface area contributed by atoms with E-state index in [9.17, 15) is 9.18 Å². The van der Waals surface area contributed by atoms with Gasteiger partial charge in [-0.3, -0.25) is 4.79 Å². The van der Waals surface area contributed by atoms with Gasteiger partial charge in [0.15, 0.2) is 11.6 Å². The molecule has 1 aliphatic rings. The summed E-state index contributed by atoms with van der Waals surface area (Å²) in [6, 6.07) is 6.60. The molecular weight excluding hydrogens is 361 g/mol. The van der Waals surface area contributed by atoms with Crippen LogP contribution in [0.2, 0.25) is 0 Å². The number of amides is 1. The number of aryl methyl sites for hydroxylation is 2. The fraction of sp³-hybridized carbons (Fsp3) is 0.333. The second-order valence-corrected chi connectivity index (χ2v) is 7.24. The highest BCUT2D eigenvalue weighted by molar-refractivity contribution is 5.99. The van der Waals surface area contributed by atoms with Gasteiger partial charge in [-0.2, -0.15) is 0 Å². The van der Waals surface area contributed by atoms with Crippen LogP contribution in [0.3, 0.4) is 0 Å². The van der Waals surface area contributed by atoms with Crippen molar-refractivity contribution in [1.29, 1.82) is 0 Å². The molecule has 0 radical (unpaired) electrons. The topological polar surface area (TPSA) is 67.5 Å². The highest BCUT2D eigenvalue weighted by Crippen LogP contribution is 2.40. The monoisotopic (exact) mass is 383 g/mol. The highest BCUT2D eigenvalue weighted by atomic mass is 19.1. The van der Waals surface area contributed by atoms with E-state index >= 15 is 0 Å². The minimum absolute atomic E-state index is 0.131. The van der Waals surface area contributed by atoms with Crippen molar-refractivity contribution in [2.45, 2.75) is 26.4 Å². The van der Waals surface area contributed by atoms with Crippen LogP contribution in [0.25, 0.3) is 11.0 Å². The molecule has 0 saturated heterocycles.